The number of aliphatic hydroxyl groups is 1. The fourth-order valence-electron chi connectivity index (χ4n) is 1.45. The van der Waals surface area contributed by atoms with Crippen molar-refractivity contribution in [3.8, 4) is 0 Å². The van der Waals surface area contributed by atoms with Crippen LogP contribution in [0.15, 0.2) is 0 Å². The molecule has 3 heteroatoms. The Hall–Kier alpha value is 0.210. The van der Waals surface area contributed by atoms with E-state index in [9.17, 15) is 5.11 Å². The largest absolute Gasteiger partial charge is 0.393 e. The molecule has 1 saturated carbocycles. The van der Waals surface area contributed by atoms with E-state index in [-0.39, 0.29) is 11.5 Å². The van der Waals surface area contributed by atoms with Crippen LogP contribution in [0.2, 0.25) is 0 Å². The molecule has 10 heavy (non-hydrogen) atoms. The van der Waals surface area contributed by atoms with Crippen LogP contribution < -0.4 is 5.73 Å². The maximum Gasteiger partial charge on any atom is 0.0544 e. The van der Waals surface area contributed by atoms with Crippen molar-refractivity contribution < 1.29 is 5.11 Å². The normalized spacial score (nSPS) is 41.7. The fraction of sp³-hybridized carbons (Fsp3) is 1.00. The van der Waals surface area contributed by atoms with E-state index in [0.717, 1.165) is 19.3 Å². The number of rotatable bonds is 1. The molecule has 0 aliphatic heterocycles. The molecular weight excluding hydrogens is 150 g/mol. The van der Waals surface area contributed by atoms with E-state index in [1.165, 1.54) is 0 Å². The Balaban J connectivity index is 2.38. The zero-order chi connectivity index (χ0) is 7.56. The van der Waals surface area contributed by atoms with E-state index < -0.39 is 0 Å². The maximum atomic E-state index is 9.21. The highest BCUT2D eigenvalue weighted by atomic mass is 35.5. The van der Waals surface area contributed by atoms with Crippen LogP contribution in [0.4, 0.5) is 0 Å². The Morgan fingerprint density at radius 1 is 1.50 bits per heavy atom. The monoisotopic (exact) mass is 163 g/mol. The quantitative estimate of drug-likeness (QED) is 0.560. The lowest BCUT2D eigenvalue weighted by Gasteiger charge is -2.29. The average Bonchev–Trinajstić information content (AvgIpc) is 1.94. The Bertz CT molecular complexity index is 110. The molecule has 0 aromatic rings. The molecule has 60 valence electrons. The average molecular weight is 164 g/mol. The van der Waals surface area contributed by atoms with Gasteiger partial charge in [0.25, 0.3) is 0 Å². The van der Waals surface area contributed by atoms with Crippen LogP contribution in [-0.4, -0.2) is 23.1 Å². The van der Waals surface area contributed by atoms with E-state index in [1.807, 2.05) is 0 Å². The number of halogens is 1. The topological polar surface area (TPSA) is 46.2 Å². The highest BCUT2D eigenvalue weighted by molar-refractivity contribution is 6.20. The first-order chi connectivity index (χ1) is 4.74. The van der Waals surface area contributed by atoms with Crippen molar-refractivity contribution in [1.82, 2.24) is 0 Å². The third kappa shape index (κ3) is 1.84. The zero-order valence-electron chi connectivity index (χ0n) is 5.96. The first-order valence-corrected chi connectivity index (χ1v) is 4.20. The van der Waals surface area contributed by atoms with Gasteiger partial charge in [0.1, 0.15) is 0 Å². The van der Waals surface area contributed by atoms with Gasteiger partial charge < -0.3 is 10.8 Å². The third-order valence-corrected chi connectivity index (χ3v) is 2.74. The van der Waals surface area contributed by atoms with Crippen LogP contribution in [0.3, 0.4) is 0 Å². The van der Waals surface area contributed by atoms with E-state index in [2.05, 4.69) is 0 Å². The first kappa shape index (κ1) is 8.31. The molecule has 1 aliphatic carbocycles. The number of hydrogen-bond donors (Lipinski definition) is 2. The summed E-state index contributed by atoms with van der Waals surface area (Å²) in [7, 11) is 0. The molecule has 2 nitrogen and oxygen atoms in total. The van der Waals surface area contributed by atoms with Gasteiger partial charge in [-0.1, -0.05) is 0 Å². The molecule has 0 bridgehead atoms. The van der Waals surface area contributed by atoms with Gasteiger partial charge >= 0.3 is 0 Å². The van der Waals surface area contributed by atoms with Crippen molar-refractivity contribution in [1.29, 1.82) is 0 Å². The number of aliphatic hydroxyl groups excluding tert-OH is 1. The second-order valence-corrected chi connectivity index (χ2v) is 3.54. The van der Waals surface area contributed by atoms with Crippen LogP contribution in [0.5, 0.6) is 0 Å². The van der Waals surface area contributed by atoms with Gasteiger partial charge in [0.2, 0.25) is 0 Å². The van der Waals surface area contributed by atoms with Crippen LogP contribution in [0.1, 0.15) is 19.3 Å². The summed E-state index contributed by atoms with van der Waals surface area (Å²) in [4.78, 5) is 0. The lowest BCUT2D eigenvalue weighted by Crippen LogP contribution is -2.33. The van der Waals surface area contributed by atoms with Gasteiger partial charge in [0.15, 0.2) is 0 Å². The molecule has 3 unspecified atom stereocenters. The van der Waals surface area contributed by atoms with Crippen molar-refractivity contribution >= 4 is 11.6 Å². The Labute approximate surface area is 66.4 Å². The SMILES string of the molecule is NCC1CC(O)CCC1Cl. The smallest absolute Gasteiger partial charge is 0.0544 e. The molecule has 3 N–H and O–H groups in total. The van der Waals surface area contributed by atoms with Gasteiger partial charge in [0, 0.05) is 5.38 Å². The molecular formula is C7H14ClNO. The lowest BCUT2D eigenvalue weighted by molar-refractivity contribution is 0.105. The molecule has 3 atom stereocenters. The zero-order valence-corrected chi connectivity index (χ0v) is 6.72. The molecule has 0 saturated heterocycles. The first-order valence-electron chi connectivity index (χ1n) is 3.76. The van der Waals surface area contributed by atoms with Crippen molar-refractivity contribution in [3.05, 3.63) is 0 Å². The summed E-state index contributed by atoms with van der Waals surface area (Å²) >= 11 is 5.96. The summed E-state index contributed by atoms with van der Waals surface area (Å²) in [5.74, 6) is 0.324. The van der Waals surface area contributed by atoms with Crippen LogP contribution in [0.25, 0.3) is 0 Å². The third-order valence-electron chi connectivity index (χ3n) is 2.16. The van der Waals surface area contributed by atoms with E-state index >= 15 is 0 Å². The molecule has 0 aromatic carbocycles. The van der Waals surface area contributed by atoms with Gasteiger partial charge in [-0.05, 0) is 31.7 Å². The lowest BCUT2D eigenvalue weighted by atomic mass is 9.87. The summed E-state index contributed by atoms with van der Waals surface area (Å²) in [5, 5.41) is 9.40. The summed E-state index contributed by atoms with van der Waals surface area (Å²) in [6.45, 7) is 0.602. The second-order valence-electron chi connectivity index (χ2n) is 2.98. The molecule has 1 fully saturated rings. The summed E-state index contributed by atoms with van der Waals surface area (Å²) in [6.07, 6.45) is 2.36. The number of nitrogens with two attached hydrogens (primary N) is 1. The summed E-state index contributed by atoms with van der Waals surface area (Å²) < 4.78 is 0. The molecule has 1 aliphatic rings. The number of hydrogen-bond acceptors (Lipinski definition) is 2. The minimum absolute atomic E-state index is 0.163. The standard InChI is InChI=1S/C7H14ClNO/c8-7-2-1-6(10)3-5(7)4-9/h5-7,10H,1-4,9H2. The summed E-state index contributed by atoms with van der Waals surface area (Å²) in [5.41, 5.74) is 5.46. The minimum Gasteiger partial charge on any atom is -0.393 e. The van der Waals surface area contributed by atoms with E-state index in [1.54, 1.807) is 0 Å². The fourth-order valence-corrected chi connectivity index (χ4v) is 1.78. The number of alkyl halides is 1. The van der Waals surface area contributed by atoms with Gasteiger partial charge in [0.05, 0.1) is 6.10 Å². The molecule has 1 rings (SSSR count). The van der Waals surface area contributed by atoms with Crippen molar-refractivity contribution in [2.75, 3.05) is 6.54 Å². The van der Waals surface area contributed by atoms with Gasteiger partial charge in [-0.3, -0.25) is 0 Å². The van der Waals surface area contributed by atoms with Crippen LogP contribution in [0, 0.1) is 5.92 Å². The molecule has 0 heterocycles. The highest BCUT2D eigenvalue weighted by Crippen LogP contribution is 2.27. The van der Waals surface area contributed by atoms with Gasteiger partial charge in [-0.2, -0.15) is 0 Å². The van der Waals surface area contributed by atoms with Crippen molar-refractivity contribution in [2.45, 2.75) is 30.7 Å². The predicted molar refractivity (Wildman–Crippen MR) is 42.0 cm³/mol. The Kier molecular flexibility index (Phi) is 2.96. The Morgan fingerprint density at radius 2 is 2.20 bits per heavy atom. The van der Waals surface area contributed by atoms with E-state index in [4.69, 9.17) is 17.3 Å². The van der Waals surface area contributed by atoms with E-state index in [0.29, 0.717) is 12.5 Å². The second kappa shape index (κ2) is 3.56. The van der Waals surface area contributed by atoms with Gasteiger partial charge in [-0.15, -0.1) is 11.6 Å². The maximum absolute atomic E-state index is 9.21. The van der Waals surface area contributed by atoms with Crippen molar-refractivity contribution in [3.63, 3.8) is 0 Å². The van der Waals surface area contributed by atoms with Crippen LogP contribution >= 0.6 is 11.6 Å². The molecule has 0 radical (unpaired) electrons. The van der Waals surface area contributed by atoms with Crippen molar-refractivity contribution in [2.24, 2.45) is 11.7 Å². The van der Waals surface area contributed by atoms with Gasteiger partial charge in [-0.25, -0.2) is 0 Å². The molecule has 0 spiro atoms. The predicted octanol–water partition coefficient (Wildman–Crippen LogP) is 0.713. The summed E-state index contributed by atoms with van der Waals surface area (Å²) in [6, 6.07) is 0. The molecule has 0 amide bonds. The Morgan fingerprint density at radius 3 is 2.70 bits per heavy atom. The minimum atomic E-state index is -0.163. The highest BCUT2D eigenvalue weighted by Gasteiger charge is 2.26. The van der Waals surface area contributed by atoms with Crippen LogP contribution in [-0.2, 0) is 0 Å². The molecule has 0 aromatic heterocycles.